The molecule has 0 amide bonds. The van der Waals surface area contributed by atoms with Crippen LogP contribution in [0.3, 0.4) is 0 Å². The zero-order chi connectivity index (χ0) is 17.2. The summed E-state index contributed by atoms with van der Waals surface area (Å²) in [5.41, 5.74) is 0.270. The molecule has 0 aliphatic carbocycles. The third-order valence-corrected chi connectivity index (χ3v) is 4.76. The molecule has 0 aromatic carbocycles. The van der Waals surface area contributed by atoms with Gasteiger partial charge in [0, 0.05) is 20.2 Å². The van der Waals surface area contributed by atoms with E-state index in [-0.39, 0.29) is 28.8 Å². The van der Waals surface area contributed by atoms with Gasteiger partial charge in [0.15, 0.2) is 0 Å². The molecule has 23 heavy (non-hydrogen) atoms. The summed E-state index contributed by atoms with van der Waals surface area (Å²) in [6, 6.07) is 4.90. The molecule has 2 rings (SSSR count). The molecule has 0 atom stereocenters. The van der Waals surface area contributed by atoms with Crippen LogP contribution >= 0.6 is 0 Å². The molecule has 0 bridgehead atoms. The molecule has 0 spiro atoms. The SMILES string of the molecule is CCS(=O)(=O)N(C)c1oc(-c2ccccn2)c(O)c1OC(C)=O. The third kappa shape index (κ3) is 3.29. The van der Waals surface area contributed by atoms with Crippen molar-refractivity contribution in [3.8, 4) is 23.0 Å². The molecule has 0 radical (unpaired) electrons. The Bertz CT molecular complexity index is 813. The number of aromatic nitrogens is 1. The number of anilines is 1. The van der Waals surface area contributed by atoms with Crippen molar-refractivity contribution in [2.75, 3.05) is 17.1 Å². The van der Waals surface area contributed by atoms with E-state index in [1.165, 1.54) is 20.2 Å². The highest BCUT2D eigenvalue weighted by molar-refractivity contribution is 7.92. The molecule has 1 N–H and O–H groups in total. The predicted octanol–water partition coefficient (Wildman–Crippen LogP) is 1.76. The van der Waals surface area contributed by atoms with E-state index in [0.29, 0.717) is 0 Å². The highest BCUT2D eigenvalue weighted by atomic mass is 32.2. The average Bonchev–Trinajstić information content (AvgIpc) is 2.84. The molecule has 9 heteroatoms. The van der Waals surface area contributed by atoms with Gasteiger partial charge in [-0.15, -0.1) is 0 Å². The van der Waals surface area contributed by atoms with Crippen LogP contribution in [0.4, 0.5) is 5.88 Å². The molecule has 0 aliphatic heterocycles. The molecular weight excluding hydrogens is 324 g/mol. The van der Waals surface area contributed by atoms with E-state index in [0.717, 1.165) is 11.2 Å². The van der Waals surface area contributed by atoms with Gasteiger partial charge in [-0.25, -0.2) is 12.7 Å². The first-order valence-electron chi connectivity index (χ1n) is 6.70. The van der Waals surface area contributed by atoms with E-state index in [9.17, 15) is 18.3 Å². The van der Waals surface area contributed by atoms with Gasteiger partial charge in [-0.3, -0.25) is 9.78 Å². The van der Waals surface area contributed by atoms with E-state index in [1.54, 1.807) is 18.2 Å². The van der Waals surface area contributed by atoms with E-state index in [1.807, 2.05) is 0 Å². The molecule has 0 unspecified atom stereocenters. The lowest BCUT2D eigenvalue weighted by molar-refractivity contribution is -0.132. The number of carbonyl (C=O) groups is 1. The molecule has 2 aromatic heterocycles. The summed E-state index contributed by atoms with van der Waals surface area (Å²) in [4.78, 5) is 15.3. The Morgan fingerprint density at radius 1 is 1.43 bits per heavy atom. The molecule has 0 fully saturated rings. The van der Waals surface area contributed by atoms with E-state index in [2.05, 4.69) is 4.98 Å². The largest absolute Gasteiger partial charge is 0.501 e. The molecule has 0 aliphatic rings. The molecule has 2 aromatic rings. The first kappa shape index (κ1) is 16.8. The van der Waals surface area contributed by atoms with Crippen molar-refractivity contribution < 1.29 is 27.5 Å². The second kappa shape index (κ2) is 6.29. The van der Waals surface area contributed by atoms with Gasteiger partial charge in [-0.2, -0.15) is 0 Å². The molecule has 8 nitrogen and oxygen atoms in total. The van der Waals surface area contributed by atoms with Crippen LogP contribution in [0.15, 0.2) is 28.8 Å². The van der Waals surface area contributed by atoms with Crippen molar-refractivity contribution in [2.45, 2.75) is 13.8 Å². The number of pyridine rings is 1. The molecule has 0 saturated carbocycles. The third-order valence-electron chi connectivity index (χ3n) is 3.03. The summed E-state index contributed by atoms with van der Waals surface area (Å²) >= 11 is 0. The van der Waals surface area contributed by atoms with Crippen LogP contribution in [-0.4, -0.2) is 37.3 Å². The van der Waals surface area contributed by atoms with Gasteiger partial charge in [-0.1, -0.05) is 6.07 Å². The van der Waals surface area contributed by atoms with Gasteiger partial charge < -0.3 is 14.3 Å². The predicted molar refractivity (Wildman–Crippen MR) is 82.8 cm³/mol. The van der Waals surface area contributed by atoms with Crippen molar-refractivity contribution in [1.82, 2.24) is 4.98 Å². The number of rotatable bonds is 5. The Morgan fingerprint density at radius 2 is 2.13 bits per heavy atom. The molecule has 124 valence electrons. The number of furan rings is 1. The Kier molecular flexibility index (Phi) is 4.60. The van der Waals surface area contributed by atoms with Gasteiger partial charge in [0.2, 0.25) is 27.3 Å². The molecule has 0 saturated heterocycles. The van der Waals surface area contributed by atoms with Gasteiger partial charge in [0.05, 0.1) is 5.75 Å². The van der Waals surface area contributed by atoms with Crippen molar-refractivity contribution in [1.29, 1.82) is 0 Å². The molecular formula is C14H16N2O6S. The van der Waals surface area contributed by atoms with Gasteiger partial charge in [-0.05, 0) is 19.1 Å². The first-order chi connectivity index (χ1) is 10.8. The van der Waals surface area contributed by atoms with Crippen LogP contribution in [0.2, 0.25) is 0 Å². The standard InChI is InChI=1S/C14H16N2O6S/c1-4-23(19,20)16(3)14-13(21-9(2)17)11(18)12(22-14)10-7-5-6-8-15-10/h5-8,18H,4H2,1-3H3. The van der Waals surface area contributed by atoms with Crippen LogP contribution in [0.25, 0.3) is 11.5 Å². The highest BCUT2D eigenvalue weighted by Gasteiger charge is 2.31. The van der Waals surface area contributed by atoms with Crippen molar-refractivity contribution in [3.05, 3.63) is 24.4 Å². The summed E-state index contributed by atoms with van der Waals surface area (Å²) in [6.07, 6.45) is 1.48. The lowest BCUT2D eigenvalue weighted by atomic mass is 10.2. The Morgan fingerprint density at radius 3 is 2.65 bits per heavy atom. The fourth-order valence-electron chi connectivity index (χ4n) is 1.83. The minimum Gasteiger partial charge on any atom is -0.501 e. The number of carbonyl (C=O) groups excluding carboxylic acids is 1. The van der Waals surface area contributed by atoms with Crippen LogP contribution < -0.4 is 9.04 Å². The first-order valence-corrected chi connectivity index (χ1v) is 8.31. The second-order valence-corrected chi connectivity index (χ2v) is 6.88. The summed E-state index contributed by atoms with van der Waals surface area (Å²) in [5, 5.41) is 10.3. The van der Waals surface area contributed by atoms with Gasteiger partial charge >= 0.3 is 5.97 Å². The van der Waals surface area contributed by atoms with E-state index in [4.69, 9.17) is 9.15 Å². The minimum atomic E-state index is -3.68. The maximum Gasteiger partial charge on any atom is 0.308 e. The Balaban J connectivity index is 2.64. The summed E-state index contributed by atoms with van der Waals surface area (Å²) < 4.78 is 35.2. The topological polar surface area (TPSA) is 110 Å². The minimum absolute atomic E-state index is 0.0880. The number of nitrogens with zero attached hydrogens (tertiary/aromatic N) is 2. The quantitative estimate of drug-likeness (QED) is 0.826. The van der Waals surface area contributed by atoms with E-state index >= 15 is 0 Å². The number of hydrogen-bond acceptors (Lipinski definition) is 7. The zero-order valence-electron chi connectivity index (χ0n) is 12.8. The van der Waals surface area contributed by atoms with Crippen LogP contribution in [-0.2, 0) is 14.8 Å². The maximum atomic E-state index is 12.0. The smallest absolute Gasteiger partial charge is 0.308 e. The van der Waals surface area contributed by atoms with Crippen molar-refractivity contribution in [2.24, 2.45) is 0 Å². The monoisotopic (exact) mass is 340 g/mol. The van der Waals surface area contributed by atoms with Crippen LogP contribution in [0, 0.1) is 0 Å². The van der Waals surface area contributed by atoms with Crippen molar-refractivity contribution in [3.63, 3.8) is 0 Å². The van der Waals surface area contributed by atoms with Gasteiger partial charge in [0.25, 0.3) is 5.88 Å². The highest BCUT2D eigenvalue weighted by Crippen LogP contribution is 2.47. The fourth-order valence-corrected chi connectivity index (χ4v) is 2.59. The number of hydrogen-bond donors (Lipinski definition) is 1. The van der Waals surface area contributed by atoms with Crippen molar-refractivity contribution >= 4 is 21.9 Å². The maximum absolute atomic E-state index is 12.0. The normalized spacial score (nSPS) is 11.3. The fraction of sp³-hybridized carbons (Fsp3) is 0.286. The second-order valence-electron chi connectivity index (χ2n) is 4.59. The van der Waals surface area contributed by atoms with E-state index < -0.39 is 21.7 Å². The lowest BCUT2D eigenvalue weighted by Gasteiger charge is -2.16. The summed E-state index contributed by atoms with van der Waals surface area (Å²) in [5.74, 6) is -2.15. The lowest BCUT2D eigenvalue weighted by Crippen LogP contribution is -2.28. The number of ether oxygens (including phenoxy) is 1. The Labute approximate surface area is 133 Å². The van der Waals surface area contributed by atoms with Crippen LogP contribution in [0.1, 0.15) is 13.8 Å². The number of sulfonamides is 1. The summed E-state index contributed by atoms with van der Waals surface area (Å²) in [6.45, 7) is 2.59. The number of aromatic hydroxyl groups is 1. The molecule has 2 heterocycles. The Hall–Kier alpha value is -2.55. The van der Waals surface area contributed by atoms with Crippen LogP contribution in [0.5, 0.6) is 11.5 Å². The summed E-state index contributed by atoms with van der Waals surface area (Å²) in [7, 11) is -2.44. The van der Waals surface area contributed by atoms with Gasteiger partial charge in [0.1, 0.15) is 5.69 Å². The zero-order valence-corrected chi connectivity index (χ0v) is 13.6. The average molecular weight is 340 g/mol. The number of esters is 1.